The lowest BCUT2D eigenvalue weighted by atomic mass is 10.1. The first-order chi connectivity index (χ1) is 18.1. The van der Waals surface area contributed by atoms with Gasteiger partial charge in [-0.15, -0.1) is 0 Å². The lowest BCUT2D eigenvalue weighted by Crippen LogP contribution is -2.45. The molecule has 0 spiro atoms. The second kappa shape index (κ2) is 9.75. The Balaban J connectivity index is 2.08. The van der Waals surface area contributed by atoms with Gasteiger partial charge >= 0.3 is 5.69 Å². The molecule has 2 aromatic heterocycles. The van der Waals surface area contributed by atoms with Gasteiger partial charge in [0.1, 0.15) is 21.8 Å². The molecule has 11 nitrogen and oxygen atoms in total. The van der Waals surface area contributed by atoms with Crippen molar-refractivity contribution in [3.05, 3.63) is 88.6 Å². The molecule has 0 aliphatic carbocycles. The van der Waals surface area contributed by atoms with Crippen LogP contribution in [0.25, 0.3) is 16.6 Å². The molecule has 2 heterocycles. The molecule has 0 unspecified atom stereocenters. The third-order valence-electron chi connectivity index (χ3n) is 6.50. The van der Waals surface area contributed by atoms with Crippen LogP contribution in [0.5, 0.6) is 0 Å². The number of H-pyrrole nitrogens is 1. The average molecular weight is 667 g/mol. The molecular formula is C25H23FIN5O6S. The molecule has 4 aromatic rings. The van der Waals surface area contributed by atoms with Crippen molar-refractivity contribution in [3.8, 4) is 5.69 Å². The second-order valence-electron chi connectivity index (χ2n) is 9.28. The Morgan fingerprint density at radius 3 is 2.41 bits per heavy atom. The molecule has 0 saturated heterocycles. The number of aromatic amines is 1. The fourth-order valence-corrected chi connectivity index (χ4v) is 5.90. The van der Waals surface area contributed by atoms with Crippen LogP contribution in [0, 0.1) is 16.3 Å². The lowest BCUT2D eigenvalue weighted by molar-refractivity contribution is -0.119. The number of fused-ring (bicyclic) bond motifs is 1. The zero-order chi connectivity index (χ0) is 29.0. The molecule has 0 aliphatic rings. The van der Waals surface area contributed by atoms with E-state index >= 15 is 0 Å². The first-order valence-electron chi connectivity index (χ1n) is 11.3. The number of nitrogens with one attached hydrogen (secondary N) is 2. The highest BCUT2D eigenvalue weighted by Gasteiger charge is 2.41. The molecule has 14 heteroatoms. The highest BCUT2D eigenvalue weighted by atomic mass is 127. The topological polar surface area (TPSA) is 166 Å². The number of carbonyl (C=O) groups is 1. The number of halogens is 2. The van der Waals surface area contributed by atoms with Gasteiger partial charge in [-0.05, 0) is 79.8 Å². The van der Waals surface area contributed by atoms with E-state index in [2.05, 4.69) is 10.3 Å². The molecular weight excluding hydrogens is 644 g/mol. The van der Waals surface area contributed by atoms with Crippen molar-refractivity contribution in [2.45, 2.75) is 30.4 Å². The minimum Gasteiger partial charge on any atom is -0.368 e. The summed E-state index contributed by atoms with van der Waals surface area (Å²) >= 11 is 1.94. The summed E-state index contributed by atoms with van der Waals surface area (Å²) in [4.78, 5) is 53.2. The minimum absolute atomic E-state index is 0.00894. The van der Waals surface area contributed by atoms with Crippen LogP contribution >= 0.6 is 22.6 Å². The minimum atomic E-state index is -4.31. The third kappa shape index (κ3) is 4.56. The summed E-state index contributed by atoms with van der Waals surface area (Å²) in [5.41, 5.74) is 2.81. The number of rotatable bonds is 6. The lowest BCUT2D eigenvalue weighted by Gasteiger charge is -2.22. The molecule has 0 fully saturated rings. The molecule has 204 valence electrons. The average Bonchev–Trinajstić information content (AvgIpc) is 2.86. The van der Waals surface area contributed by atoms with Crippen molar-refractivity contribution in [3.63, 3.8) is 0 Å². The monoisotopic (exact) mass is 667 g/mol. The highest BCUT2D eigenvalue weighted by molar-refractivity contribution is 14.1. The van der Waals surface area contributed by atoms with Gasteiger partial charge in [0.2, 0.25) is 5.91 Å². The van der Waals surface area contributed by atoms with Gasteiger partial charge in [-0.2, -0.15) is 0 Å². The fraction of sp³-hybridized carbons (Fsp3) is 0.200. The molecule has 4 N–H and O–H groups in total. The maximum atomic E-state index is 14.7. The summed E-state index contributed by atoms with van der Waals surface area (Å²) in [5.74, 6) is -1.80. The van der Waals surface area contributed by atoms with Crippen molar-refractivity contribution in [1.29, 1.82) is 0 Å². The number of nitrogens with two attached hydrogens (primary N) is 1. The molecule has 39 heavy (non-hydrogen) atoms. The number of anilines is 2. The summed E-state index contributed by atoms with van der Waals surface area (Å²) in [6.07, 6.45) is 0. The summed E-state index contributed by atoms with van der Waals surface area (Å²) in [5, 5.41) is 2.65. The van der Waals surface area contributed by atoms with Gasteiger partial charge in [-0.1, -0.05) is 6.07 Å². The van der Waals surface area contributed by atoms with Crippen LogP contribution in [0.3, 0.4) is 0 Å². The Morgan fingerprint density at radius 2 is 1.79 bits per heavy atom. The van der Waals surface area contributed by atoms with Crippen LogP contribution in [-0.4, -0.2) is 33.2 Å². The van der Waals surface area contributed by atoms with Gasteiger partial charge in [-0.3, -0.25) is 28.5 Å². The van der Waals surface area contributed by atoms with E-state index < -0.39 is 43.1 Å². The number of carbonyl (C=O) groups excluding carboxylic acids is 1. The number of aryl methyl sites for hydroxylation is 1. The standard InChI is InChI=1S/C25H23FIN5O6S/c1-12-19-18(20(31(4)22(12)34)29-17-9-8-13(27)10-16(17)26)21(33)30-24(36)32(19)14-6-5-7-15(11-14)39(37,38)25(2,3)23(28)35/h5-11,29H,1-4H3,(H2,28,35)(H,30,33,36). The van der Waals surface area contributed by atoms with Gasteiger partial charge in [0.25, 0.3) is 11.1 Å². The van der Waals surface area contributed by atoms with Gasteiger partial charge in [-0.25, -0.2) is 17.6 Å². The maximum absolute atomic E-state index is 14.7. The molecule has 0 radical (unpaired) electrons. The smallest absolute Gasteiger partial charge is 0.333 e. The quantitative estimate of drug-likeness (QED) is 0.265. The van der Waals surface area contributed by atoms with Crippen LogP contribution in [0.1, 0.15) is 19.4 Å². The van der Waals surface area contributed by atoms with Gasteiger partial charge < -0.3 is 11.1 Å². The summed E-state index contributed by atoms with van der Waals surface area (Å²) in [6, 6.07) is 9.45. The van der Waals surface area contributed by atoms with Crippen molar-refractivity contribution in [2.24, 2.45) is 12.8 Å². The van der Waals surface area contributed by atoms with Crippen LogP contribution < -0.4 is 27.9 Å². The number of pyridine rings is 1. The number of aromatic nitrogens is 3. The normalized spacial score (nSPS) is 12.1. The van der Waals surface area contributed by atoms with E-state index in [9.17, 15) is 32.0 Å². The summed E-state index contributed by atoms with van der Waals surface area (Å²) < 4.78 is 41.9. The Morgan fingerprint density at radius 1 is 1.13 bits per heavy atom. The molecule has 0 bridgehead atoms. The Bertz CT molecular complexity index is 1980. The van der Waals surface area contributed by atoms with Gasteiger partial charge in [0, 0.05) is 16.2 Å². The second-order valence-corrected chi connectivity index (χ2v) is 13.0. The fourth-order valence-electron chi connectivity index (χ4n) is 4.06. The molecule has 0 aliphatic heterocycles. The van der Waals surface area contributed by atoms with Gasteiger partial charge in [0.15, 0.2) is 9.84 Å². The van der Waals surface area contributed by atoms with E-state index in [1.807, 2.05) is 22.6 Å². The molecule has 0 saturated carbocycles. The molecule has 0 atom stereocenters. The zero-order valence-corrected chi connectivity index (χ0v) is 24.1. The predicted octanol–water partition coefficient (Wildman–Crippen LogP) is 2.21. The number of hydrogen-bond donors (Lipinski definition) is 3. The molecule has 4 rings (SSSR count). The number of sulfone groups is 1. The van der Waals surface area contributed by atoms with E-state index in [4.69, 9.17) is 5.73 Å². The zero-order valence-electron chi connectivity index (χ0n) is 21.1. The number of benzene rings is 2. The van der Waals surface area contributed by atoms with Crippen molar-refractivity contribution in [1.82, 2.24) is 14.1 Å². The van der Waals surface area contributed by atoms with Gasteiger partial charge in [0.05, 0.1) is 21.8 Å². The van der Waals surface area contributed by atoms with Crippen LogP contribution in [0.4, 0.5) is 15.9 Å². The Hall–Kier alpha value is -3.79. The van der Waals surface area contributed by atoms with E-state index in [-0.39, 0.29) is 38.6 Å². The molecule has 2 aromatic carbocycles. The maximum Gasteiger partial charge on any atom is 0.333 e. The van der Waals surface area contributed by atoms with E-state index in [0.717, 1.165) is 29.0 Å². The SMILES string of the molecule is Cc1c(=O)n(C)c(Nc2ccc(I)cc2F)c2c(=O)[nH]c(=O)n(-c3cccc(S(=O)(=O)C(C)(C)C(N)=O)c3)c12. The van der Waals surface area contributed by atoms with E-state index in [1.54, 1.807) is 6.07 Å². The Kier molecular flexibility index (Phi) is 7.06. The van der Waals surface area contributed by atoms with Crippen molar-refractivity contribution in [2.75, 3.05) is 5.32 Å². The number of hydrogen-bond acceptors (Lipinski definition) is 7. The largest absolute Gasteiger partial charge is 0.368 e. The summed E-state index contributed by atoms with van der Waals surface area (Å²) in [6.45, 7) is 3.73. The third-order valence-corrected chi connectivity index (χ3v) is 9.59. The van der Waals surface area contributed by atoms with Crippen LogP contribution in [-0.2, 0) is 21.7 Å². The molecule has 1 amide bonds. The van der Waals surface area contributed by atoms with Crippen molar-refractivity contribution < 1.29 is 17.6 Å². The number of nitrogens with zero attached hydrogens (tertiary/aromatic N) is 2. The van der Waals surface area contributed by atoms with Crippen LogP contribution in [0.2, 0.25) is 0 Å². The van der Waals surface area contributed by atoms with Crippen molar-refractivity contribution >= 4 is 60.7 Å². The first-order valence-corrected chi connectivity index (χ1v) is 13.9. The highest BCUT2D eigenvalue weighted by Crippen LogP contribution is 2.29. The predicted molar refractivity (Wildman–Crippen MR) is 153 cm³/mol. The summed E-state index contributed by atoms with van der Waals surface area (Å²) in [7, 11) is -2.92. The first kappa shape index (κ1) is 28.2. The number of amides is 1. The van der Waals surface area contributed by atoms with E-state index in [1.165, 1.54) is 44.3 Å². The Labute approximate surface area is 234 Å². The number of primary amides is 1. The van der Waals surface area contributed by atoms with E-state index in [0.29, 0.717) is 3.57 Å². The van der Waals surface area contributed by atoms with Crippen LogP contribution in [0.15, 0.2) is 61.7 Å².